The Morgan fingerprint density at radius 1 is 1.30 bits per heavy atom. The fourth-order valence-electron chi connectivity index (χ4n) is 1.80. The van der Waals surface area contributed by atoms with E-state index in [1.807, 2.05) is 25.1 Å². The molecule has 1 atom stereocenters. The van der Waals surface area contributed by atoms with Gasteiger partial charge in [-0.05, 0) is 31.2 Å². The Bertz CT molecular complexity index is 619. The number of rotatable bonds is 4. The van der Waals surface area contributed by atoms with Crippen LogP contribution in [0.3, 0.4) is 0 Å². The van der Waals surface area contributed by atoms with Crippen molar-refractivity contribution in [2.75, 3.05) is 0 Å². The molecule has 0 radical (unpaired) electrons. The van der Waals surface area contributed by atoms with E-state index < -0.39 is 0 Å². The van der Waals surface area contributed by atoms with Crippen LogP contribution in [0, 0.1) is 5.82 Å². The van der Waals surface area contributed by atoms with Gasteiger partial charge in [0, 0.05) is 21.6 Å². The lowest BCUT2D eigenvalue weighted by atomic mass is 10.1. The molecule has 0 heterocycles. The number of hydrogen-bond donors (Lipinski definition) is 1. The second-order valence-electron chi connectivity index (χ2n) is 4.50. The SMILES string of the molecule is C[C@@H](N)c1ccc(Br)cc1OCc1ccc(F)cc1Cl. The van der Waals surface area contributed by atoms with Crippen LogP contribution in [0.4, 0.5) is 4.39 Å². The zero-order chi connectivity index (χ0) is 14.7. The van der Waals surface area contributed by atoms with Crippen LogP contribution in [0.25, 0.3) is 0 Å². The van der Waals surface area contributed by atoms with Crippen molar-refractivity contribution in [3.63, 3.8) is 0 Å². The minimum Gasteiger partial charge on any atom is -0.488 e. The highest BCUT2D eigenvalue weighted by Gasteiger charge is 2.10. The van der Waals surface area contributed by atoms with Crippen LogP contribution in [-0.4, -0.2) is 0 Å². The number of nitrogens with two attached hydrogens (primary N) is 1. The highest BCUT2D eigenvalue weighted by molar-refractivity contribution is 9.10. The topological polar surface area (TPSA) is 35.2 Å². The summed E-state index contributed by atoms with van der Waals surface area (Å²) in [5.74, 6) is 0.326. The van der Waals surface area contributed by atoms with Gasteiger partial charge in [-0.25, -0.2) is 4.39 Å². The average Bonchev–Trinajstić information content (AvgIpc) is 2.37. The molecule has 2 aromatic rings. The van der Waals surface area contributed by atoms with Crippen LogP contribution in [0.15, 0.2) is 40.9 Å². The Morgan fingerprint density at radius 3 is 2.70 bits per heavy atom. The third kappa shape index (κ3) is 3.72. The summed E-state index contributed by atoms with van der Waals surface area (Å²) in [5.41, 5.74) is 7.55. The van der Waals surface area contributed by atoms with Gasteiger partial charge in [-0.1, -0.05) is 39.7 Å². The fraction of sp³-hybridized carbons (Fsp3) is 0.200. The van der Waals surface area contributed by atoms with E-state index in [1.165, 1.54) is 12.1 Å². The molecule has 2 rings (SSSR count). The summed E-state index contributed by atoms with van der Waals surface area (Å²) in [6.07, 6.45) is 0. The van der Waals surface area contributed by atoms with Crippen molar-refractivity contribution >= 4 is 27.5 Å². The lowest BCUT2D eigenvalue weighted by molar-refractivity contribution is 0.301. The van der Waals surface area contributed by atoms with Gasteiger partial charge in [0.25, 0.3) is 0 Å². The summed E-state index contributed by atoms with van der Waals surface area (Å²) < 4.78 is 19.7. The van der Waals surface area contributed by atoms with E-state index in [-0.39, 0.29) is 18.5 Å². The first-order chi connectivity index (χ1) is 9.47. The molecule has 0 aromatic heterocycles. The maximum absolute atomic E-state index is 13.0. The molecule has 2 aromatic carbocycles. The van der Waals surface area contributed by atoms with Gasteiger partial charge in [0.15, 0.2) is 0 Å². The third-order valence-corrected chi connectivity index (χ3v) is 3.71. The van der Waals surface area contributed by atoms with E-state index in [0.29, 0.717) is 10.8 Å². The monoisotopic (exact) mass is 357 g/mol. The van der Waals surface area contributed by atoms with Gasteiger partial charge in [0.1, 0.15) is 18.2 Å². The summed E-state index contributed by atoms with van der Waals surface area (Å²) in [5, 5.41) is 0.349. The molecular formula is C15H14BrClFNO. The first-order valence-corrected chi connectivity index (χ1v) is 7.26. The molecule has 0 aliphatic heterocycles. The molecule has 2 N–H and O–H groups in total. The molecule has 0 saturated carbocycles. The Kier molecular flexibility index (Phi) is 5.02. The molecule has 20 heavy (non-hydrogen) atoms. The summed E-state index contributed by atoms with van der Waals surface area (Å²) in [7, 11) is 0. The number of hydrogen-bond acceptors (Lipinski definition) is 2. The minimum atomic E-state index is -0.363. The number of benzene rings is 2. The molecule has 0 bridgehead atoms. The first-order valence-electron chi connectivity index (χ1n) is 6.09. The summed E-state index contributed by atoms with van der Waals surface area (Å²) >= 11 is 9.37. The molecule has 106 valence electrons. The van der Waals surface area contributed by atoms with Crippen LogP contribution < -0.4 is 10.5 Å². The molecule has 0 amide bonds. The Labute approximate surface area is 130 Å². The molecule has 2 nitrogen and oxygen atoms in total. The molecular weight excluding hydrogens is 345 g/mol. The maximum atomic E-state index is 13.0. The predicted octanol–water partition coefficient (Wildman–Crippen LogP) is 4.84. The van der Waals surface area contributed by atoms with E-state index in [0.717, 1.165) is 15.6 Å². The van der Waals surface area contributed by atoms with Crippen LogP contribution in [0.5, 0.6) is 5.75 Å². The normalized spacial score (nSPS) is 12.2. The van der Waals surface area contributed by atoms with Crippen molar-refractivity contribution in [2.24, 2.45) is 5.73 Å². The summed E-state index contributed by atoms with van der Waals surface area (Å²) in [6, 6.07) is 9.79. The second-order valence-corrected chi connectivity index (χ2v) is 5.82. The second kappa shape index (κ2) is 6.57. The van der Waals surface area contributed by atoms with Crippen LogP contribution in [0.1, 0.15) is 24.1 Å². The quantitative estimate of drug-likeness (QED) is 0.848. The van der Waals surface area contributed by atoms with E-state index >= 15 is 0 Å². The lowest BCUT2D eigenvalue weighted by Crippen LogP contribution is -2.08. The third-order valence-electron chi connectivity index (χ3n) is 2.86. The van der Waals surface area contributed by atoms with Crippen LogP contribution in [0.2, 0.25) is 5.02 Å². The Hall–Kier alpha value is -1.10. The number of ether oxygens (including phenoxy) is 1. The van der Waals surface area contributed by atoms with Crippen LogP contribution >= 0.6 is 27.5 Å². The van der Waals surface area contributed by atoms with Gasteiger partial charge in [-0.15, -0.1) is 0 Å². The summed E-state index contributed by atoms with van der Waals surface area (Å²) in [6.45, 7) is 2.15. The molecule has 0 unspecified atom stereocenters. The minimum absolute atomic E-state index is 0.137. The average molecular weight is 359 g/mol. The van der Waals surface area contributed by atoms with Crippen molar-refractivity contribution in [1.82, 2.24) is 0 Å². The largest absolute Gasteiger partial charge is 0.488 e. The van der Waals surface area contributed by atoms with Crippen molar-refractivity contribution in [1.29, 1.82) is 0 Å². The van der Waals surface area contributed by atoms with E-state index in [4.69, 9.17) is 22.1 Å². The molecule has 0 aliphatic carbocycles. The lowest BCUT2D eigenvalue weighted by Gasteiger charge is -2.15. The fourth-order valence-corrected chi connectivity index (χ4v) is 2.37. The van der Waals surface area contributed by atoms with Crippen molar-refractivity contribution in [2.45, 2.75) is 19.6 Å². The smallest absolute Gasteiger partial charge is 0.125 e. The van der Waals surface area contributed by atoms with Gasteiger partial charge >= 0.3 is 0 Å². The Balaban J connectivity index is 2.20. The van der Waals surface area contributed by atoms with Crippen molar-refractivity contribution < 1.29 is 9.13 Å². The zero-order valence-corrected chi connectivity index (χ0v) is 13.2. The molecule has 0 fully saturated rings. The van der Waals surface area contributed by atoms with Gasteiger partial charge in [0.2, 0.25) is 0 Å². The van der Waals surface area contributed by atoms with Crippen molar-refractivity contribution in [3.8, 4) is 5.75 Å². The van der Waals surface area contributed by atoms with Gasteiger partial charge < -0.3 is 10.5 Å². The highest BCUT2D eigenvalue weighted by atomic mass is 79.9. The van der Waals surface area contributed by atoms with Gasteiger partial charge in [-0.2, -0.15) is 0 Å². The van der Waals surface area contributed by atoms with Crippen LogP contribution in [-0.2, 0) is 6.61 Å². The molecule has 0 saturated heterocycles. The zero-order valence-electron chi connectivity index (χ0n) is 10.9. The standard InChI is InChI=1S/C15H14BrClFNO/c1-9(19)13-5-3-11(16)6-15(13)20-8-10-2-4-12(18)7-14(10)17/h2-7,9H,8,19H2,1H3/t9-/m1/s1. The molecule has 0 aliphatic rings. The first kappa shape index (κ1) is 15.3. The van der Waals surface area contributed by atoms with Crippen molar-refractivity contribution in [3.05, 3.63) is 62.8 Å². The molecule has 5 heteroatoms. The highest BCUT2D eigenvalue weighted by Crippen LogP contribution is 2.29. The predicted molar refractivity (Wildman–Crippen MR) is 82.5 cm³/mol. The number of halogens is 3. The van der Waals surface area contributed by atoms with E-state index in [9.17, 15) is 4.39 Å². The molecule has 0 spiro atoms. The summed E-state index contributed by atoms with van der Waals surface area (Å²) in [4.78, 5) is 0. The van der Waals surface area contributed by atoms with Gasteiger partial charge in [-0.3, -0.25) is 0 Å². The van der Waals surface area contributed by atoms with E-state index in [2.05, 4.69) is 15.9 Å². The Morgan fingerprint density at radius 2 is 2.05 bits per heavy atom. The maximum Gasteiger partial charge on any atom is 0.125 e. The van der Waals surface area contributed by atoms with Gasteiger partial charge in [0.05, 0.1) is 5.02 Å². The van der Waals surface area contributed by atoms with E-state index in [1.54, 1.807) is 6.07 Å².